The Morgan fingerprint density at radius 3 is 2.68 bits per heavy atom. The van der Waals surface area contributed by atoms with E-state index in [1.54, 1.807) is 6.07 Å². The maximum Gasteiger partial charge on any atom is 0.320 e. The zero-order chi connectivity index (χ0) is 16.3. The van der Waals surface area contributed by atoms with Crippen molar-refractivity contribution in [2.45, 2.75) is 26.2 Å². The van der Waals surface area contributed by atoms with E-state index < -0.39 is 16.3 Å². The van der Waals surface area contributed by atoms with Crippen LogP contribution < -0.4 is 0 Å². The highest BCUT2D eigenvalue weighted by molar-refractivity contribution is 6.09. The molecule has 0 saturated carbocycles. The van der Waals surface area contributed by atoms with Gasteiger partial charge in [0.25, 0.3) is 5.69 Å². The number of cyclic esters (lactones) is 1. The van der Waals surface area contributed by atoms with Crippen molar-refractivity contribution in [3.8, 4) is 0 Å². The topological polar surface area (TPSA) is 104 Å². The highest BCUT2D eigenvalue weighted by Crippen LogP contribution is 2.36. The van der Waals surface area contributed by atoms with Crippen molar-refractivity contribution in [3.63, 3.8) is 0 Å². The van der Waals surface area contributed by atoms with Gasteiger partial charge in [0.15, 0.2) is 12.4 Å². The van der Waals surface area contributed by atoms with Crippen molar-refractivity contribution in [2.75, 3.05) is 6.61 Å². The molecule has 116 valence electrons. The average molecular weight is 305 g/mol. The van der Waals surface area contributed by atoms with Crippen LogP contribution >= 0.6 is 0 Å². The van der Waals surface area contributed by atoms with Crippen LogP contribution in [0.15, 0.2) is 24.3 Å². The Morgan fingerprint density at radius 1 is 1.41 bits per heavy atom. The fourth-order valence-corrected chi connectivity index (χ4v) is 2.54. The molecule has 1 aromatic rings. The molecule has 0 aromatic heterocycles. The first kappa shape index (κ1) is 15.8. The van der Waals surface area contributed by atoms with Crippen LogP contribution in [0.5, 0.6) is 0 Å². The van der Waals surface area contributed by atoms with Crippen LogP contribution in [0.3, 0.4) is 0 Å². The summed E-state index contributed by atoms with van der Waals surface area (Å²) in [6.07, 6.45) is 0.137. The molecule has 7 heteroatoms. The number of esters is 1. The molecule has 0 aliphatic carbocycles. The summed E-state index contributed by atoms with van der Waals surface area (Å²) in [5.41, 5.74) is -1.04. The number of ether oxygens (including phenoxy) is 1. The van der Waals surface area contributed by atoms with Crippen LogP contribution in [0.1, 0.15) is 25.3 Å². The molecular formula is C15H15NO6. The molecule has 0 amide bonds. The highest BCUT2D eigenvalue weighted by atomic mass is 16.6. The first-order valence-electron chi connectivity index (χ1n) is 6.78. The second kappa shape index (κ2) is 6.05. The van der Waals surface area contributed by atoms with E-state index in [2.05, 4.69) is 0 Å². The molecule has 0 radical (unpaired) electrons. The molecule has 0 N–H and O–H groups in total. The lowest BCUT2D eigenvalue weighted by molar-refractivity contribution is -0.384. The largest absolute Gasteiger partial charge is 0.457 e. The number of rotatable bonds is 6. The van der Waals surface area contributed by atoms with Crippen LogP contribution in [-0.2, 0) is 25.5 Å². The lowest BCUT2D eigenvalue weighted by Crippen LogP contribution is -2.36. The number of nitrogens with zero attached hydrogens (tertiary/aromatic N) is 1. The molecule has 1 aliphatic rings. The number of nitro benzene ring substituents is 1. The average Bonchev–Trinajstić information content (AvgIpc) is 2.74. The van der Waals surface area contributed by atoms with E-state index in [1.807, 2.05) is 0 Å². The molecule has 1 heterocycles. The summed E-state index contributed by atoms with van der Waals surface area (Å²) in [6, 6.07) is 5.77. The molecule has 0 spiro atoms. The van der Waals surface area contributed by atoms with E-state index in [4.69, 9.17) is 4.74 Å². The van der Waals surface area contributed by atoms with Gasteiger partial charge >= 0.3 is 5.97 Å². The van der Waals surface area contributed by atoms with E-state index in [9.17, 15) is 24.5 Å². The standard InChI is InChI=1S/C15H15NO6/c1-10(17)5-6-15(13(18)9-22-14(15)19)8-11-3-2-4-12(7-11)16(20)21/h2-4,7H,5-6,8-9H2,1H3/t15-/m1/s1. The lowest BCUT2D eigenvalue weighted by atomic mass is 9.75. The summed E-state index contributed by atoms with van der Waals surface area (Å²) in [7, 11) is 0. The van der Waals surface area contributed by atoms with Gasteiger partial charge in [0.05, 0.1) is 4.92 Å². The lowest BCUT2D eigenvalue weighted by Gasteiger charge is -2.22. The van der Waals surface area contributed by atoms with E-state index in [0.29, 0.717) is 5.56 Å². The van der Waals surface area contributed by atoms with Gasteiger partial charge in [-0.2, -0.15) is 0 Å². The summed E-state index contributed by atoms with van der Waals surface area (Å²) in [5, 5.41) is 10.8. The Bertz CT molecular complexity index is 635. The van der Waals surface area contributed by atoms with Crippen LogP contribution in [0.25, 0.3) is 0 Å². The maximum absolute atomic E-state index is 12.2. The normalized spacial score (nSPS) is 20.8. The number of nitro groups is 1. The first-order chi connectivity index (χ1) is 10.3. The summed E-state index contributed by atoms with van der Waals surface area (Å²) in [4.78, 5) is 45.7. The number of hydrogen-bond acceptors (Lipinski definition) is 6. The molecular weight excluding hydrogens is 290 g/mol. The molecule has 22 heavy (non-hydrogen) atoms. The van der Waals surface area contributed by atoms with Gasteiger partial charge in [-0.15, -0.1) is 0 Å². The number of carbonyl (C=O) groups excluding carboxylic acids is 3. The summed E-state index contributed by atoms with van der Waals surface area (Å²) >= 11 is 0. The van der Waals surface area contributed by atoms with Gasteiger partial charge in [-0.3, -0.25) is 19.7 Å². The number of non-ortho nitro benzene ring substituents is 1. The van der Waals surface area contributed by atoms with Crippen molar-refractivity contribution in [1.29, 1.82) is 0 Å². The fourth-order valence-electron chi connectivity index (χ4n) is 2.54. The predicted molar refractivity (Wildman–Crippen MR) is 75.1 cm³/mol. The maximum atomic E-state index is 12.2. The predicted octanol–water partition coefficient (Wildman–Crippen LogP) is 1.62. The third kappa shape index (κ3) is 3.03. The number of hydrogen-bond donors (Lipinski definition) is 0. The van der Waals surface area contributed by atoms with E-state index in [1.165, 1.54) is 25.1 Å². The monoisotopic (exact) mass is 305 g/mol. The highest BCUT2D eigenvalue weighted by Gasteiger charge is 2.51. The Balaban J connectivity index is 2.32. The third-order valence-corrected chi connectivity index (χ3v) is 3.79. The minimum absolute atomic E-state index is 0.000370. The number of benzene rings is 1. The van der Waals surface area contributed by atoms with Gasteiger partial charge in [0.2, 0.25) is 0 Å². The molecule has 1 aliphatic heterocycles. The Labute approximate surface area is 126 Å². The van der Waals surface area contributed by atoms with Crippen molar-refractivity contribution in [2.24, 2.45) is 5.41 Å². The molecule has 1 aromatic carbocycles. The van der Waals surface area contributed by atoms with Gasteiger partial charge in [-0.25, -0.2) is 0 Å². The zero-order valence-electron chi connectivity index (χ0n) is 12.0. The van der Waals surface area contributed by atoms with Gasteiger partial charge in [-0.1, -0.05) is 12.1 Å². The number of ketones is 2. The minimum Gasteiger partial charge on any atom is -0.457 e. The first-order valence-corrected chi connectivity index (χ1v) is 6.78. The molecule has 7 nitrogen and oxygen atoms in total. The summed E-state index contributed by atoms with van der Waals surface area (Å²) < 4.78 is 4.83. The van der Waals surface area contributed by atoms with Crippen LogP contribution in [0, 0.1) is 15.5 Å². The Kier molecular flexibility index (Phi) is 4.35. The smallest absolute Gasteiger partial charge is 0.320 e. The number of Topliss-reactive ketones (excluding diaryl/α,β-unsaturated/α-hetero) is 2. The van der Waals surface area contributed by atoms with Gasteiger partial charge in [-0.05, 0) is 25.3 Å². The quantitative estimate of drug-likeness (QED) is 0.342. The molecule has 1 saturated heterocycles. The minimum atomic E-state index is -1.42. The van der Waals surface area contributed by atoms with Gasteiger partial charge in [0, 0.05) is 18.6 Å². The zero-order valence-corrected chi connectivity index (χ0v) is 12.0. The SMILES string of the molecule is CC(=O)CC[C@@]1(Cc2cccc([N+](=O)[O-])c2)C(=O)COC1=O. The Morgan fingerprint density at radius 2 is 2.14 bits per heavy atom. The number of carbonyl (C=O) groups is 3. The van der Waals surface area contributed by atoms with Crippen LogP contribution in [-0.4, -0.2) is 29.1 Å². The van der Waals surface area contributed by atoms with Crippen LogP contribution in [0.4, 0.5) is 5.69 Å². The van der Waals surface area contributed by atoms with Crippen molar-refractivity contribution in [1.82, 2.24) is 0 Å². The Hall–Kier alpha value is -2.57. The summed E-state index contributed by atoms with van der Waals surface area (Å²) in [6.45, 7) is 1.07. The molecule has 0 unspecified atom stereocenters. The van der Waals surface area contributed by atoms with E-state index >= 15 is 0 Å². The second-order valence-electron chi connectivity index (χ2n) is 5.39. The second-order valence-corrected chi connectivity index (χ2v) is 5.39. The molecule has 0 bridgehead atoms. The molecule has 1 atom stereocenters. The third-order valence-electron chi connectivity index (χ3n) is 3.79. The summed E-state index contributed by atoms with van der Waals surface area (Å²) in [5.74, 6) is -1.18. The van der Waals surface area contributed by atoms with E-state index in [-0.39, 0.29) is 43.1 Å². The van der Waals surface area contributed by atoms with Crippen molar-refractivity contribution in [3.05, 3.63) is 39.9 Å². The van der Waals surface area contributed by atoms with Gasteiger partial charge < -0.3 is 9.53 Å². The molecule has 2 rings (SSSR count). The van der Waals surface area contributed by atoms with Gasteiger partial charge in [0.1, 0.15) is 11.2 Å². The van der Waals surface area contributed by atoms with Crippen LogP contribution in [0.2, 0.25) is 0 Å². The molecule has 1 fully saturated rings. The fraction of sp³-hybridized carbons (Fsp3) is 0.400. The van der Waals surface area contributed by atoms with E-state index in [0.717, 1.165) is 0 Å². The van der Waals surface area contributed by atoms with Crippen molar-refractivity contribution < 1.29 is 24.0 Å². The van der Waals surface area contributed by atoms with Crippen molar-refractivity contribution >= 4 is 23.2 Å².